The number of carbonyl (C=O) groups excluding carboxylic acids is 1. The average molecular weight is 361 g/mol. The Morgan fingerprint density at radius 3 is 2.16 bits per heavy atom. The van der Waals surface area contributed by atoms with E-state index in [1.807, 2.05) is 34.6 Å². The Morgan fingerprint density at radius 2 is 1.72 bits per heavy atom. The number of nitrogens with one attached hydrogen (secondary N) is 1. The van der Waals surface area contributed by atoms with Gasteiger partial charge in [0.15, 0.2) is 0 Å². The van der Waals surface area contributed by atoms with Gasteiger partial charge < -0.3 is 30.1 Å². The van der Waals surface area contributed by atoms with Gasteiger partial charge in [0, 0.05) is 31.8 Å². The molecule has 0 bridgehead atoms. The molecule has 0 aromatic rings. The van der Waals surface area contributed by atoms with Crippen LogP contribution < -0.4 is 5.32 Å². The first-order valence-corrected chi connectivity index (χ1v) is 8.72. The third-order valence-corrected chi connectivity index (χ3v) is 3.59. The second kappa shape index (κ2) is 11.1. The molecule has 8 nitrogen and oxygen atoms in total. The molecule has 0 aliphatic heterocycles. The minimum absolute atomic E-state index is 0.00189. The average Bonchev–Trinajstić information content (AvgIpc) is 2.43. The molecule has 0 saturated heterocycles. The molecule has 3 amide bonds. The van der Waals surface area contributed by atoms with Crippen LogP contribution in [-0.4, -0.2) is 83.2 Å². The van der Waals surface area contributed by atoms with Crippen molar-refractivity contribution in [1.82, 2.24) is 15.1 Å². The quantitative estimate of drug-likeness (QED) is 0.516. The Hall–Kier alpha value is -1.54. The predicted octanol–water partition coefficient (Wildman–Crippen LogP) is 1.97. The van der Waals surface area contributed by atoms with Crippen molar-refractivity contribution in [2.24, 2.45) is 0 Å². The first-order chi connectivity index (χ1) is 11.5. The SMILES string of the molecule is COC[C@H](O)CN(CCCCN(C(=O)O)C(C)(C)C)C(=O)NC(C)C. The maximum absolute atomic E-state index is 12.2. The highest BCUT2D eigenvalue weighted by atomic mass is 16.5. The summed E-state index contributed by atoms with van der Waals surface area (Å²) in [6, 6.07) is -0.242. The zero-order chi connectivity index (χ0) is 19.6. The van der Waals surface area contributed by atoms with E-state index >= 15 is 0 Å². The van der Waals surface area contributed by atoms with Crippen LogP contribution in [0.3, 0.4) is 0 Å². The summed E-state index contributed by atoms with van der Waals surface area (Å²) in [7, 11) is 1.49. The zero-order valence-corrected chi connectivity index (χ0v) is 16.4. The number of hydrogen-bond donors (Lipinski definition) is 3. The number of hydrogen-bond acceptors (Lipinski definition) is 4. The number of rotatable bonds is 10. The third kappa shape index (κ3) is 10.1. The minimum Gasteiger partial charge on any atom is -0.465 e. The van der Waals surface area contributed by atoms with Gasteiger partial charge in [-0.25, -0.2) is 9.59 Å². The lowest BCUT2D eigenvalue weighted by Crippen LogP contribution is -2.47. The maximum Gasteiger partial charge on any atom is 0.407 e. The molecule has 0 radical (unpaired) electrons. The summed E-state index contributed by atoms with van der Waals surface area (Å²) in [5.41, 5.74) is -0.463. The van der Waals surface area contributed by atoms with Crippen LogP contribution in [0.1, 0.15) is 47.5 Å². The molecule has 0 unspecified atom stereocenters. The first kappa shape index (κ1) is 23.5. The number of carboxylic acid groups (broad SMARTS) is 1. The van der Waals surface area contributed by atoms with Gasteiger partial charge in [-0.2, -0.15) is 0 Å². The number of aliphatic hydroxyl groups excluding tert-OH is 1. The third-order valence-electron chi connectivity index (χ3n) is 3.59. The van der Waals surface area contributed by atoms with Gasteiger partial charge in [0.1, 0.15) is 0 Å². The van der Waals surface area contributed by atoms with Crippen LogP contribution in [0, 0.1) is 0 Å². The Morgan fingerprint density at radius 1 is 1.16 bits per heavy atom. The lowest BCUT2D eigenvalue weighted by molar-refractivity contribution is 0.0440. The van der Waals surface area contributed by atoms with Crippen LogP contribution in [0.25, 0.3) is 0 Å². The normalized spacial score (nSPS) is 12.8. The summed E-state index contributed by atoms with van der Waals surface area (Å²) in [4.78, 5) is 26.5. The number of carbonyl (C=O) groups is 2. The molecule has 0 rings (SSSR count). The van der Waals surface area contributed by atoms with Gasteiger partial charge >= 0.3 is 12.1 Å². The van der Waals surface area contributed by atoms with Crippen LogP contribution in [-0.2, 0) is 4.74 Å². The highest BCUT2D eigenvalue weighted by Gasteiger charge is 2.25. The lowest BCUT2D eigenvalue weighted by atomic mass is 10.1. The monoisotopic (exact) mass is 361 g/mol. The van der Waals surface area contributed by atoms with Crippen molar-refractivity contribution >= 4 is 12.1 Å². The summed E-state index contributed by atoms with van der Waals surface area (Å²) in [6.07, 6.45) is -0.425. The van der Waals surface area contributed by atoms with Crippen molar-refractivity contribution in [3.8, 4) is 0 Å². The van der Waals surface area contributed by atoms with E-state index in [1.165, 1.54) is 12.0 Å². The van der Waals surface area contributed by atoms with Crippen molar-refractivity contribution in [3.63, 3.8) is 0 Å². The molecule has 0 aliphatic carbocycles. The standard InChI is InChI=1S/C17H35N3O5/c1-13(2)18-15(22)19(11-14(21)12-25-6)9-7-8-10-20(16(23)24)17(3,4)5/h13-14,21H,7-12H2,1-6H3,(H,18,22)(H,23,24)/t14-/m1/s1. The van der Waals surface area contributed by atoms with Crippen molar-refractivity contribution in [3.05, 3.63) is 0 Å². The minimum atomic E-state index is -0.947. The smallest absolute Gasteiger partial charge is 0.407 e. The summed E-state index contributed by atoms with van der Waals surface area (Å²) in [5, 5.41) is 22.0. The van der Waals surface area contributed by atoms with Crippen molar-refractivity contribution < 1.29 is 24.5 Å². The Labute approximate surface area is 151 Å². The van der Waals surface area contributed by atoms with Crippen molar-refractivity contribution in [1.29, 1.82) is 0 Å². The van der Waals surface area contributed by atoms with E-state index in [-0.39, 0.29) is 25.2 Å². The number of amides is 3. The molecule has 148 valence electrons. The molecule has 0 aromatic heterocycles. The van der Waals surface area contributed by atoms with Crippen molar-refractivity contribution in [2.45, 2.75) is 65.1 Å². The molecular formula is C17H35N3O5. The number of unbranched alkanes of at least 4 members (excludes halogenated alkanes) is 1. The summed E-state index contributed by atoms with van der Waals surface area (Å²) in [5.74, 6) is 0. The van der Waals surface area contributed by atoms with Gasteiger partial charge in [0.25, 0.3) is 0 Å². The number of ether oxygens (including phenoxy) is 1. The zero-order valence-electron chi connectivity index (χ0n) is 16.4. The van der Waals surface area contributed by atoms with Gasteiger partial charge in [-0.1, -0.05) is 0 Å². The highest BCUT2D eigenvalue weighted by Crippen LogP contribution is 2.14. The predicted molar refractivity (Wildman–Crippen MR) is 96.8 cm³/mol. The van der Waals surface area contributed by atoms with E-state index < -0.39 is 17.7 Å². The fraction of sp³-hybridized carbons (Fsp3) is 0.882. The van der Waals surface area contributed by atoms with E-state index in [9.17, 15) is 19.8 Å². The van der Waals surface area contributed by atoms with E-state index in [2.05, 4.69) is 5.32 Å². The highest BCUT2D eigenvalue weighted by molar-refractivity contribution is 5.74. The fourth-order valence-electron chi connectivity index (χ4n) is 2.40. The van der Waals surface area contributed by atoms with E-state index in [1.54, 1.807) is 4.90 Å². The molecule has 0 saturated carbocycles. The van der Waals surface area contributed by atoms with Gasteiger partial charge in [-0.05, 0) is 47.5 Å². The second-order valence-corrected chi connectivity index (χ2v) is 7.47. The van der Waals surface area contributed by atoms with Crippen LogP contribution in [0.15, 0.2) is 0 Å². The van der Waals surface area contributed by atoms with Crippen molar-refractivity contribution in [2.75, 3.05) is 33.4 Å². The summed E-state index contributed by atoms with van der Waals surface area (Å²) >= 11 is 0. The lowest BCUT2D eigenvalue weighted by Gasteiger charge is -2.33. The molecule has 1 atom stereocenters. The number of nitrogens with zero attached hydrogens (tertiary/aromatic N) is 2. The molecule has 0 spiro atoms. The van der Waals surface area contributed by atoms with Crippen LogP contribution in [0.4, 0.5) is 9.59 Å². The number of aliphatic hydroxyl groups is 1. The van der Waals surface area contributed by atoms with E-state index in [0.717, 1.165) is 0 Å². The molecule has 0 heterocycles. The Kier molecular flexibility index (Phi) is 10.5. The molecular weight excluding hydrogens is 326 g/mol. The van der Waals surface area contributed by atoms with Gasteiger partial charge in [0.05, 0.1) is 19.3 Å². The first-order valence-electron chi connectivity index (χ1n) is 8.72. The topological polar surface area (TPSA) is 102 Å². The summed E-state index contributed by atoms with van der Waals surface area (Å²) < 4.78 is 4.91. The molecule has 25 heavy (non-hydrogen) atoms. The molecule has 3 N–H and O–H groups in total. The molecule has 8 heteroatoms. The van der Waals surface area contributed by atoms with Crippen LogP contribution >= 0.6 is 0 Å². The van der Waals surface area contributed by atoms with Crippen LogP contribution in [0.5, 0.6) is 0 Å². The van der Waals surface area contributed by atoms with E-state index in [0.29, 0.717) is 25.9 Å². The van der Waals surface area contributed by atoms with Gasteiger partial charge in [-0.15, -0.1) is 0 Å². The van der Waals surface area contributed by atoms with E-state index in [4.69, 9.17) is 4.74 Å². The number of urea groups is 1. The second-order valence-electron chi connectivity index (χ2n) is 7.47. The Balaban J connectivity index is 4.60. The van der Waals surface area contributed by atoms with Gasteiger partial charge in [-0.3, -0.25) is 0 Å². The largest absolute Gasteiger partial charge is 0.465 e. The van der Waals surface area contributed by atoms with Gasteiger partial charge in [0.2, 0.25) is 0 Å². The summed E-state index contributed by atoms with van der Waals surface area (Å²) in [6.45, 7) is 10.5. The fourth-order valence-corrected chi connectivity index (χ4v) is 2.40. The Bertz CT molecular complexity index is 410. The maximum atomic E-state index is 12.2. The number of methoxy groups -OCH3 is 1. The molecule has 0 aromatic carbocycles. The molecule has 0 aliphatic rings. The molecule has 0 fully saturated rings. The van der Waals surface area contributed by atoms with Crippen LogP contribution in [0.2, 0.25) is 0 Å².